The molecule has 0 bridgehead atoms. The van der Waals surface area contributed by atoms with Crippen LogP contribution in [0.3, 0.4) is 0 Å². The van der Waals surface area contributed by atoms with Gasteiger partial charge in [0.15, 0.2) is 10.8 Å². The highest BCUT2D eigenvalue weighted by atomic mass is 32.2. The monoisotopic (exact) mass is 341 g/mol. The number of thioether (sulfide) groups is 1. The van der Waals surface area contributed by atoms with Gasteiger partial charge in [0.2, 0.25) is 5.91 Å². The standard InChI is InChI=1S/C16H15N5O2S/c1-9-3-2-4-10(5-9)18-13(22)6-11-8-24-16-19-14-12(7-17-20-14)15(23)21(11)16/h2-5,7,11H,6,8H2,1H3,(H,17,20)(H,18,22). The van der Waals surface area contributed by atoms with Crippen LogP contribution >= 0.6 is 11.8 Å². The minimum atomic E-state index is -0.200. The third-order valence-electron chi connectivity index (χ3n) is 3.97. The molecule has 0 fully saturated rings. The lowest BCUT2D eigenvalue weighted by Gasteiger charge is -2.13. The maximum atomic E-state index is 12.6. The molecule has 1 aliphatic heterocycles. The number of carbonyl (C=O) groups is 1. The average molecular weight is 341 g/mol. The highest BCUT2D eigenvalue weighted by Gasteiger charge is 2.28. The molecule has 0 saturated carbocycles. The normalized spacial score (nSPS) is 16.3. The van der Waals surface area contributed by atoms with Crippen molar-refractivity contribution in [3.63, 3.8) is 0 Å². The highest BCUT2D eigenvalue weighted by molar-refractivity contribution is 7.99. The Balaban J connectivity index is 1.57. The molecule has 1 aromatic carbocycles. The Morgan fingerprint density at radius 1 is 1.50 bits per heavy atom. The van der Waals surface area contributed by atoms with E-state index in [4.69, 9.17) is 0 Å². The number of hydrogen-bond donors (Lipinski definition) is 2. The van der Waals surface area contributed by atoms with Gasteiger partial charge >= 0.3 is 0 Å². The van der Waals surface area contributed by atoms with Crippen molar-refractivity contribution in [2.45, 2.75) is 24.5 Å². The summed E-state index contributed by atoms with van der Waals surface area (Å²) in [5.74, 6) is 0.544. The van der Waals surface area contributed by atoms with Crippen molar-refractivity contribution in [2.75, 3.05) is 11.1 Å². The first-order valence-corrected chi connectivity index (χ1v) is 8.55. The summed E-state index contributed by atoms with van der Waals surface area (Å²) < 4.78 is 1.61. The van der Waals surface area contributed by atoms with E-state index in [-0.39, 0.29) is 23.9 Å². The number of amides is 1. The van der Waals surface area contributed by atoms with Crippen molar-refractivity contribution < 1.29 is 4.79 Å². The number of nitrogens with one attached hydrogen (secondary N) is 2. The van der Waals surface area contributed by atoms with Crippen LogP contribution in [0.1, 0.15) is 18.0 Å². The minimum absolute atomic E-state index is 0.113. The molecule has 1 unspecified atom stereocenters. The van der Waals surface area contributed by atoms with Crippen molar-refractivity contribution in [1.82, 2.24) is 19.7 Å². The second kappa shape index (κ2) is 5.79. The molecule has 2 aromatic heterocycles. The molecular formula is C16H15N5O2S. The fraction of sp³-hybridized carbons (Fsp3) is 0.250. The van der Waals surface area contributed by atoms with Crippen LogP contribution in [0, 0.1) is 6.92 Å². The Kier molecular flexibility index (Phi) is 3.61. The molecule has 0 saturated heterocycles. The van der Waals surface area contributed by atoms with Gasteiger partial charge in [-0.15, -0.1) is 0 Å². The van der Waals surface area contributed by atoms with E-state index in [1.54, 1.807) is 4.57 Å². The molecule has 2 N–H and O–H groups in total. The summed E-state index contributed by atoms with van der Waals surface area (Å²) in [6.45, 7) is 1.97. The average Bonchev–Trinajstić information content (AvgIpc) is 3.15. The summed E-state index contributed by atoms with van der Waals surface area (Å²) in [5.41, 5.74) is 2.18. The van der Waals surface area contributed by atoms with Gasteiger partial charge in [-0.05, 0) is 24.6 Å². The molecule has 1 amide bonds. The van der Waals surface area contributed by atoms with Crippen molar-refractivity contribution in [3.8, 4) is 0 Å². The fourth-order valence-electron chi connectivity index (χ4n) is 2.86. The largest absolute Gasteiger partial charge is 0.326 e. The maximum Gasteiger partial charge on any atom is 0.265 e. The number of aryl methyl sites for hydroxylation is 1. The van der Waals surface area contributed by atoms with E-state index in [2.05, 4.69) is 20.5 Å². The molecule has 1 aliphatic rings. The Labute approximate surface area is 141 Å². The predicted octanol–water partition coefficient (Wildman–Crippen LogP) is 2.10. The second-order valence-electron chi connectivity index (χ2n) is 5.79. The number of aromatic amines is 1. The molecule has 3 heterocycles. The zero-order valence-electron chi connectivity index (χ0n) is 12.9. The number of nitrogens with zero attached hydrogens (tertiary/aromatic N) is 3. The second-order valence-corrected chi connectivity index (χ2v) is 6.78. The number of benzene rings is 1. The predicted molar refractivity (Wildman–Crippen MR) is 92.3 cm³/mol. The van der Waals surface area contributed by atoms with Crippen LogP contribution in [0.15, 0.2) is 40.4 Å². The number of carbonyl (C=O) groups excluding carboxylic acids is 1. The lowest BCUT2D eigenvalue weighted by molar-refractivity contribution is -0.116. The topological polar surface area (TPSA) is 92.7 Å². The zero-order chi connectivity index (χ0) is 16.7. The van der Waals surface area contributed by atoms with Crippen LogP contribution in [-0.4, -0.2) is 31.4 Å². The first-order chi connectivity index (χ1) is 11.6. The molecule has 4 rings (SSSR count). The summed E-state index contributed by atoms with van der Waals surface area (Å²) in [4.78, 5) is 29.3. The van der Waals surface area contributed by atoms with E-state index < -0.39 is 0 Å². The van der Waals surface area contributed by atoms with E-state index >= 15 is 0 Å². The lowest BCUT2D eigenvalue weighted by Crippen LogP contribution is -2.27. The van der Waals surface area contributed by atoms with Gasteiger partial charge in [0.25, 0.3) is 5.56 Å². The van der Waals surface area contributed by atoms with Gasteiger partial charge in [-0.25, -0.2) is 4.98 Å². The summed E-state index contributed by atoms with van der Waals surface area (Å²) >= 11 is 1.48. The van der Waals surface area contributed by atoms with Crippen LogP contribution in [0.4, 0.5) is 5.69 Å². The van der Waals surface area contributed by atoms with E-state index in [9.17, 15) is 9.59 Å². The third-order valence-corrected chi connectivity index (χ3v) is 5.07. The quantitative estimate of drug-likeness (QED) is 0.712. The van der Waals surface area contributed by atoms with Crippen molar-refractivity contribution in [3.05, 3.63) is 46.4 Å². The van der Waals surface area contributed by atoms with E-state index in [1.807, 2.05) is 31.2 Å². The lowest BCUT2D eigenvalue weighted by atomic mass is 10.2. The highest BCUT2D eigenvalue weighted by Crippen LogP contribution is 2.33. The Morgan fingerprint density at radius 2 is 2.38 bits per heavy atom. The Bertz CT molecular complexity index is 994. The van der Waals surface area contributed by atoms with Crippen LogP contribution in [0.25, 0.3) is 11.0 Å². The number of fused-ring (bicyclic) bond motifs is 2. The molecular weight excluding hydrogens is 326 g/mol. The Hall–Kier alpha value is -2.61. The summed E-state index contributed by atoms with van der Waals surface area (Å²) in [7, 11) is 0. The number of anilines is 1. The van der Waals surface area contributed by atoms with Gasteiger partial charge < -0.3 is 5.32 Å². The number of rotatable bonds is 3. The number of hydrogen-bond acceptors (Lipinski definition) is 5. The summed E-state index contributed by atoms with van der Waals surface area (Å²) in [5, 5.41) is 10.5. The molecule has 3 aromatic rings. The molecule has 0 radical (unpaired) electrons. The van der Waals surface area contributed by atoms with Gasteiger partial charge in [0.05, 0.1) is 12.2 Å². The number of H-pyrrole nitrogens is 1. The summed E-state index contributed by atoms with van der Waals surface area (Å²) in [6, 6.07) is 7.44. The van der Waals surface area contributed by atoms with Crippen LogP contribution in [0.5, 0.6) is 0 Å². The van der Waals surface area contributed by atoms with Crippen LogP contribution in [-0.2, 0) is 4.79 Å². The third kappa shape index (κ3) is 2.58. The van der Waals surface area contributed by atoms with Crippen molar-refractivity contribution in [2.24, 2.45) is 0 Å². The molecule has 122 valence electrons. The summed E-state index contributed by atoms with van der Waals surface area (Å²) in [6.07, 6.45) is 1.71. The van der Waals surface area contributed by atoms with Crippen LogP contribution in [0.2, 0.25) is 0 Å². The first kappa shape index (κ1) is 14.9. The molecule has 1 atom stereocenters. The zero-order valence-corrected chi connectivity index (χ0v) is 13.8. The van der Waals surface area contributed by atoms with E-state index in [0.717, 1.165) is 11.3 Å². The maximum absolute atomic E-state index is 12.6. The van der Waals surface area contributed by atoms with Crippen molar-refractivity contribution in [1.29, 1.82) is 0 Å². The van der Waals surface area contributed by atoms with E-state index in [1.165, 1.54) is 18.0 Å². The molecule has 24 heavy (non-hydrogen) atoms. The number of aromatic nitrogens is 4. The Morgan fingerprint density at radius 3 is 3.21 bits per heavy atom. The van der Waals surface area contributed by atoms with Gasteiger partial charge in [-0.1, -0.05) is 23.9 Å². The van der Waals surface area contributed by atoms with Gasteiger partial charge in [-0.3, -0.25) is 19.3 Å². The molecule has 0 aliphatic carbocycles. The minimum Gasteiger partial charge on any atom is -0.326 e. The van der Waals surface area contributed by atoms with Gasteiger partial charge in [0.1, 0.15) is 5.39 Å². The smallest absolute Gasteiger partial charge is 0.265 e. The fourth-order valence-corrected chi connectivity index (χ4v) is 3.99. The van der Waals surface area contributed by atoms with Crippen molar-refractivity contribution >= 4 is 34.4 Å². The van der Waals surface area contributed by atoms with Gasteiger partial charge in [-0.2, -0.15) is 5.10 Å². The van der Waals surface area contributed by atoms with E-state index in [0.29, 0.717) is 21.9 Å². The SMILES string of the molecule is Cc1cccc(NC(=O)CC2CSc3nc4[nH]ncc4c(=O)n32)c1. The molecule has 0 spiro atoms. The first-order valence-electron chi connectivity index (χ1n) is 7.57. The van der Waals surface area contributed by atoms with Crippen LogP contribution < -0.4 is 10.9 Å². The van der Waals surface area contributed by atoms with Gasteiger partial charge in [0, 0.05) is 17.9 Å². The molecule has 7 nitrogen and oxygen atoms in total. The molecule has 8 heteroatoms.